The van der Waals surface area contributed by atoms with Crippen LogP contribution in [0.1, 0.15) is 19.3 Å². The normalized spacial score (nSPS) is 15.3. The zero-order chi connectivity index (χ0) is 13.9. The Labute approximate surface area is 116 Å². The van der Waals surface area contributed by atoms with Gasteiger partial charge in [0.05, 0.1) is 0 Å². The molecule has 1 aliphatic heterocycles. The Morgan fingerprint density at radius 2 is 1.85 bits per heavy atom. The molecular weight excluding hydrogens is 257 g/mol. The minimum absolute atomic E-state index is 0.167. The minimum atomic E-state index is -0.319. The summed E-state index contributed by atoms with van der Waals surface area (Å²) in [5.74, 6) is 0.842. The average Bonchev–Trinajstić information content (AvgIpc) is 2.47. The van der Waals surface area contributed by atoms with Gasteiger partial charge < -0.3 is 10.6 Å². The van der Waals surface area contributed by atoms with Gasteiger partial charge in [0.2, 0.25) is 11.9 Å². The average molecular weight is 273 g/mol. The van der Waals surface area contributed by atoms with E-state index in [1.165, 1.54) is 18.6 Å². The van der Waals surface area contributed by atoms with Crippen LogP contribution in [0.4, 0.5) is 16.3 Å². The van der Waals surface area contributed by atoms with E-state index >= 15 is 0 Å². The van der Waals surface area contributed by atoms with Gasteiger partial charge in [-0.15, -0.1) is 0 Å². The highest BCUT2D eigenvalue weighted by atomic mass is 19.1. The van der Waals surface area contributed by atoms with Crippen molar-refractivity contribution in [2.75, 3.05) is 23.7 Å². The SMILES string of the molecule is Nc1nc(-c2cccc(F)c2)nc(N2CCCCC2)n1. The van der Waals surface area contributed by atoms with E-state index in [-0.39, 0.29) is 11.8 Å². The fourth-order valence-corrected chi connectivity index (χ4v) is 2.37. The summed E-state index contributed by atoms with van der Waals surface area (Å²) in [7, 11) is 0. The van der Waals surface area contributed by atoms with Crippen molar-refractivity contribution in [1.82, 2.24) is 15.0 Å². The first-order chi connectivity index (χ1) is 9.72. The number of hydrogen-bond acceptors (Lipinski definition) is 5. The maximum atomic E-state index is 13.3. The largest absolute Gasteiger partial charge is 0.368 e. The number of rotatable bonds is 2. The quantitative estimate of drug-likeness (QED) is 0.909. The Hall–Kier alpha value is -2.24. The lowest BCUT2D eigenvalue weighted by Crippen LogP contribution is -2.31. The molecule has 0 saturated carbocycles. The second-order valence-electron chi connectivity index (χ2n) is 4.88. The molecule has 0 aliphatic carbocycles. The fraction of sp³-hybridized carbons (Fsp3) is 0.357. The van der Waals surface area contributed by atoms with Crippen molar-refractivity contribution < 1.29 is 4.39 Å². The standard InChI is InChI=1S/C14H16FN5/c15-11-6-4-5-10(9-11)12-17-13(16)19-14(18-12)20-7-2-1-3-8-20/h4-6,9H,1-3,7-8H2,(H2,16,17,18,19). The van der Waals surface area contributed by atoms with Crippen molar-refractivity contribution >= 4 is 11.9 Å². The molecule has 3 rings (SSSR count). The number of anilines is 2. The summed E-state index contributed by atoms with van der Waals surface area (Å²) in [4.78, 5) is 14.8. The maximum absolute atomic E-state index is 13.3. The molecule has 20 heavy (non-hydrogen) atoms. The lowest BCUT2D eigenvalue weighted by molar-refractivity contribution is 0.568. The van der Waals surface area contributed by atoms with Crippen LogP contribution in [0.3, 0.4) is 0 Å². The van der Waals surface area contributed by atoms with Crippen molar-refractivity contribution in [3.8, 4) is 11.4 Å². The number of hydrogen-bond donors (Lipinski definition) is 1. The van der Waals surface area contributed by atoms with Crippen molar-refractivity contribution in [3.05, 3.63) is 30.1 Å². The van der Waals surface area contributed by atoms with Crippen LogP contribution >= 0.6 is 0 Å². The molecule has 2 N–H and O–H groups in total. The topological polar surface area (TPSA) is 67.9 Å². The molecule has 5 nitrogen and oxygen atoms in total. The molecule has 1 saturated heterocycles. The maximum Gasteiger partial charge on any atom is 0.230 e. The number of aromatic nitrogens is 3. The van der Waals surface area contributed by atoms with Crippen LogP contribution in [-0.2, 0) is 0 Å². The van der Waals surface area contributed by atoms with Gasteiger partial charge in [0.15, 0.2) is 5.82 Å². The van der Waals surface area contributed by atoms with E-state index in [0.29, 0.717) is 17.3 Å². The van der Waals surface area contributed by atoms with Gasteiger partial charge >= 0.3 is 0 Å². The first-order valence-corrected chi connectivity index (χ1v) is 6.75. The number of nitrogen functional groups attached to an aromatic ring is 1. The summed E-state index contributed by atoms with van der Waals surface area (Å²) in [6, 6.07) is 6.18. The van der Waals surface area contributed by atoms with E-state index in [0.717, 1.165) is 25.9 Å². The molecule has 2 heterocycles. The second kappa shape index (κ2) is 5.40. The monoisotopic (exact) mass is 273 g/mol. The van der Waals surface area contributed by atoms with Gasteiger partial charge in [0.25, 0.3) is 0 Å². The number of halogens is 1. The first-order valence-electron chi connectivity index (χ1n) is 6.75. The van der Waals surface area contributed by atoms with Crippen LogP contribution in [0.2, 0.25) is 0 Å². The molecular formula is C14H16FN5. The van der Waals surface area contributed by atoms with E-state index in [2.05, 4.69) is 19.9 Å². The molecule has 1 aromatic carbocycles. The van der Waals surface area contributed by atoms with Gasteiger partial charge in [-0.05, 0) is 31.4 Å². The number of nitrogens with two attached hydrogens (primary N) is 1. The molecule has 0 radical (unpaired) electrons. The highest BCUT2D eigenvalue weighted by molar-refractivity contribution is 5.57. The molecule has 1 fully saturated rings. The van der Waals surface area contributed by atoms with Crippen molar-refractivity contribution in [3.63, 3.8) is 0 Å². The van der Waals surface area contributed by atoms with Gasteiger partial charge in [-0.3, -0.25) is 0 Å². The smallest absolute Gasteiger partial charge is 0.230 e. The van der Waals surface area contributed by atoms with Gasteiger partial charge in [-0.25, -0.2) is 4.39 Å². The summed E-state index contributed by atoms with van der Waals surface area (Å²) >= 11 is 0. The summed E-state index contributed by atoms with van der Waals surface area (Å²) in [5.41, 5.74) is 6.37. The molecule has 0 unspecified atom stereocenters. The molecule has 6 heteroatoms. The number of piperidine rings is 1. The van der Waals surface area contributed by atoms with Crippen molar-refractivity contribution in [1.29, 1.82) is 0 Å². The number of benzene rings is 1. The van der Waals surface area contributed by atoms with Crippen molar-refractivity contribution in [2.45, 2.75) is 19.3 Å². The van der Waals surface area contributed by atoms with E-state index < -0.39 is 0 Å². The summed E-state index contributed by atoms with van der Waals surface area (Å²) < 4.78 is 13.3. The Bertz CT molecular complexity index is 610. The molecule has 2 aromatic rings. The van der Waals surface area contributed by atoms with Crippen LogP contribution in [0, 0.1) is 5.82 Å². The predicted octanol–water partition coefficient (Wildman–Crippen LogP) is 2.25. The van der Waals surface area contributed by atoms with Crippen LogP contribution in [0.25, 0.3) is 11.4 Å². The Kier molecular flexibility index (Phi) is 3.45. The minimum Gasteiger partial charge on any atom is -0.368 e. The molecule has 104 valence electrons. The first kappa shape index (κ1) is 12.8. The molecule has 1 aliphatic rings. The van der Waals surface area contributed by atoms with Crippen LogP contribution < -0.4 is 10.6 Å². The van der Waals surface area contributed by atoms with E-state index in [1.54, 1.807) is 12.1 Å². The lowest BCUT2D eigenvalue weighted by atomic mass is 10.1. The summed E-state index contributed by atoms with van der Waals surface area (Å²) in [6.45, 7) is 1.85. The number of nitrogens with zero attached hydrogens (tertiary/aromatic N) is 4. The Morgan fingerprint density at radius 1 is 1.05 bits per heavy atom. The summed E-state index contributed by atoms with van der Waals surface area (Å²) in [6.07, 6.45) is 3.48. The zero-order valence-corrected chi connectivity index (χ0v) is 11.1. The van der Waals surface area contributed by atoms with E-state index in [9.17, 15) is 4.39 Å². The predicted molar refractivity (Wildman–Crippen MR) is 75.7 cm³/mol. The molecule has 0 bridgehead atoms. The van der Waals surface area contributed by atoms with Crippen LogP contribution in [-0.4, -0.2) is 28.0 Å². The fourth-order valence-electron chi connectivity index (χ4n) is 2.37. The van der Waals surface area contributed by atoms with Crippen LogP contribution in [0.15, 0.2) is 24.3 Å². The molecule has 0 amide bonds. The third-order valence-corrected chi connectivity index (χ3v) is 3.36. The lowest BCUT2D eigenvalue weighted by Gasteiger charge is -2.26. The highest BCUT2D eigenvalue weighted by Gasteiger charge is 2.16. The third kappa shape index (κ3) is 2.68. The third-order valence-electron chi connectivity index (χ3n) is 3.36. The molecule has 1 aromatic heterocycles. The zero-order valence-electron chi connectivity index (χ0n) is 11.1. The van der Waals surface area contributed by atoms with Gasteiger partial charge in [0.1, 0.15) is 5.82 Å². The second-order valence-corrected chi connectivity index (χ2v) is 4.88. The Balaban J connectivity index is 1.97. The van der Waals surface area contributed by atoms with E-state index in [1.807, 2.05) is 0 Å². The van der Waals surface area contributed by atoms with Crippen molar-refractivity contribution in [2.24, 2.45) is 0 Å². The van der Waals surface area contributed by atoms with E-state index in [4.69, 9.17) is 5.73 Å². The molecule has 0 spiro atoms. The summed E-state index contributed by atoms with van der Waals surface area (Å²) in [5, 5.41) is 0. The molecule has 0 atom stereocenters. The van der Waals surface area contributed by atoms with Gasteiger partial charge in [0, 0.05) is 18.7 Å². The van der Waals surface area contributed by atoms with Gasteiger partial charge in [-0.2, -0.15) is 15.0 Å². The highest BCUT2D eigenvalue weighted by Crippen LogP contribution is 2.21. The Morgan fingerprint density at radius 3 is 2.60 bits per heavy atom. The van der Waals surface area contributed by atoms with Crippen LogP contribution in [0.5, 0.6) is 0 Å². The van der Waals surface area contributed by atoms with Gasteiger partial charge in [-0.1, -0.05) is 12.1 Å².